The Hall–Kier alpha value is -1.78. The van der Waals surface area contributed by atoms with E-state index in [1.807, 2.05) is 0 Å². The summed E-state index contributed by atoms with van der Waals surface area (Å²) in [6.07, 6.45) is 0. The molecule has 1 atom stereocenters. The molecule has 1 unspecified atom stereocenters. The third kappa shape index (κ3) is 3.77. The fourth-order valence-electron chi connectivity index (χ4n) is 2.71. The monoisotopic (exact) mass is 320 g/mol. The van der Waals surface area contributed by atoms with Crippen LogP contribution in [0.5, 0.6) is 0 Å². The highest BCUT2D eigenvalue weighted by Gasteiger charge is 2.37. The normalized spacial score (nSPS) is 14.6. The molecule has 2 aromatic rings. The lowest BCUT2D eigenvalue weighted by molar-refractivity contribution is -0.261. The molecule has 0 radical (unpaired) electrons. The zero-order valence-corrected chi connectivity index (χ0v) is 14.1. The van der Waals surface area contributed by atoms with E-state index in [0.29, 0.717) is 5.56 Å². The molecule has 0 saturated carbocycles. The van der Waals surface area contributed by atoms with Gasteiger partial charge in [0, 0.05) is 11.1 Å². The summed E-state index contributed by atoms with van der Waals surface area (Å²) in [7, 11) is 0. The van der Waals surface area contributed by atoms with E-state index >= 15 is 0 Å². The zero-order chi connectivity index (χ0) is 17.4. The van der Waals surface area contributed by atoms with Crippen molar-refractivity contribution < 1.29 is 18.6 Å². The molecule has 2 rings (SSSR count). The standard InChI is InChI=1S/C19H22F2O2/c1-12-6-8-14(16(20)10-12)18(3,4)23-19(5,22)15-9-7-13(2)11-17(15)21/h6-11,22H,1-5H3. The zero-order valence-electron chi connectivity index (χ0n) is 14.1. The van der Waals surface area contributed by atoms with E-state index in [0.717, 1.165) is 11.1 Å². The van der Waals surface area contributed by atoms with Gasteiger partial charge in [-0.25, -0.2) is 8.78 Å². The van der Waals surface area contributed by atoms with E-state index in [1.54, 1.807) is 45.9 Å². The van der Waals surface area contributed by atoms with Gasteiger partial charge in [0.1, 0.15) is 11.6 Å². The summed E-state index contributed by atoms with van der Waals surface area (Å²) in [4.78, 5) is 0. The molecule has 0 aliphatic carbocycles. The van der Waals surface area contributed by atoms with Crippen LogP contribution in [0.2, 0.25) is 0 Å². The molecule has 23 heavy (non-hydrogen) atoms. The maximum Gasteiger partial charge on any atom is 0.193 e. The highest BCUT2D eigenvalue weighted by molar-refractivity contribution is 5.29. The number of ether oxygens (including phenoxy) is 1. The number of hydrogen-bond donors (Lipinski definition) is 1. The molecule has 0 heterocycles. The molecule has 0 aliphatic rings. The molecule has 0 spiro atoms. The lowest BCUT2D eigenvalue weighted by Gasteiger charge is -2.35. The molecule has 124 valence electrons. The van der Waals surface area contributed by atoms with Crippen LogP contribution in [0.4, 0.5) is 8.78 Å². The van der Waals surface area contributed by atoms with Crippen LogP contribution in [0.3, 0.4) is 0 Å². The smallest absolute Gasteiger partial charge is 0.193 e. The van der Waals surface area contributed by atoms with E-state index in [-0.39, 0.29) is 5.56 Å². The van der Waals surface area contributed by atoms with E-state index in [1.165, 1.54) is 25.1 Å². The Kier molecular flexibility index (Phi) is 4.60. The van der Waals surface area contributed by atoms with E-state index < -0.39 is 23.0 Å². The van der Waals surface area contributed by atoms with E-state index in [2.05, 4.69) is 0 Å². The highest BCUT2D eigenvalue weighted by atomic mass is 19.1. The molecular weight excluding hydrogens is 298 g/mol. The van der Waals surface area contributed by atoms with E-state index in [4.69, 9.17) is 4.74 Å². The molecule has 0 aromatic heterocycles. The van der Waals surface area contributed by atoms with Gasteiger partial charge in [-0.1, -0.05) is 24.3 Å². The van der Waals surface area contributed by atoms with Crippen molar-refractivity contribution in [2.45, 2.75) is 46.0 Å². The minimum Gasteiger partial charge on any atom is -0.362 e. The van der Waals surface area contributed by atoms with Crippen LogP contribution in [0.15, 0.2) is 36.4 Å². The summed E-state index contributed by atoms with van der Waals surface area (Å²) in [5.74, 6) is -2.87. The summed E-state index contributed by atoms with van der Waals surface area (Å²) < 4.78 is 34.1. The lowest BCUT2D eigenvalue weighted by Crippen LogP contribution is -2.36. The van der Waals surface area contributed by atoms with Crippen LogP contribution in [0.25, 0.3) is 0 Å². The van der Waals surface area contributed by atoms with Crippen LogP contribution < -0.4 is 0 Å². The topological polar surface area (TPSA) is 29.5 Å². The summed E-state index contributed by atoms with van der Waals surface area (Å²) in [6, 6.07) is 9.28. The largest absolute Gasteiger partial charge is 0.362 e. The van der Waals surface area contributed by atoms with Crippen LogP contribution in [-0.4, -0.2) is 5.11 Å². The van der Waals surface area contributed by atoms with Crippen LogP contribution in [0, 0.1) is 25.5 Å². The minimum atomic E-state index is -1.89. The van der Waals surface area contributed by atoms with Crippen LogP contribution >= 0.6 is 0 Å². The van der Waals surface area contributed by atoms with Gasteiger partial charge < -0.3 is 9.84 Å². The molecule has 0 saturated heterocycles. The Morgan fingerprint density at radius 1 is 0.826 bits per heavy atom. The third-order valence-electron chi connectivity index (χ3n) is 3.85. The van der Waals surface area contributed by atoms with Crippen molar-refractivity contribution in [1.29, 1.82) is 0 Å². The first kappa shape index (κ1) is 17.6. The van der Waals surface area contributed by atoms with Crippen LogP contribution in [-0.2, 0) is 16.1 Å². The second-order valence-electron chi connectivity index (χ2n) is 6.56. The number of aliphatic hydroxyl groups is 1. The van der Waals surface area contributed by atoms with Gasteiger partial charge in [-0.05, 0) is 57.9 Å². The quantitative estimate of drug-likeness (QED) is 0.828. The van der Waals surface area contributed by atoms with Gasteiger partial charge in [-0.15, -0.1) is 0 Å². The van der Waals surface area contributed by atoms with Gasteiger partial charge in [0.05, 0.1) is 5.60 Å². The number of benzene rings is 2. The van der Waals surface area contributed by atoms with Crippen molar-refractivity contribution in [2.24, 2.45) is 0 Å². The van der Waals surface area contributed by atoms with Gasteiger partial charge in [0.2, 0.25) is 0 Å². The predicted octanol–water partition coefficient (Wildman–Crippen LogP) is 4.70. The summed E-state index contributed by atoms with van der Waals surface area (Å²) in [6.45, 7) is 8.18. The fraction of sp³-hybridized carbons (Fsp3) is 0.368. The van der Waals surface area contributed by atoms with Crippen LogP contribution in [0.1, 0.15) is 43.0 Å². The Morgan fingerprint density at radius 3 is 1.70 bits per heavy atom. The molecule has 0 bridgehead atoms. The fourth-order valence-corrected chi connectivity index (χ4v) is 2.71. The number of halogens is 2. The van der Waals surface area contributed by atoms with Crippen molar-refractivity contribution in [3.63, 3.8) is 0 Å². The maximum absolute atomic E-state index is 14.2. The molecule has 4 heteroatoms. The first-order chi connectivity index (χ1) is 10.5. The Balaban J connectivity index is 2.37. The van der Waals surface area contributed by atoms with Crippen molar-refractivity contribution in [3.8, 4) is 0 Å². The molecular formula is C19H22F2O2. The first-order valence-electron chi connectivity index (χ1n) is 7.49. The van der Waals surface area contributed by atoms with Crippen molar-refractivity contribution in [1.82, 2.24) is 0 Å². The van der Waals surface area contributed by atoms with Gasteiger partial charge in [-0.2, -0.15) is 0 Å². The molecule has 2 aromatic carbocycles. The number of aryl methyl sites for hydroxylation is 2. The van der Waals surface area contributed by atoms with Crippen molar-refractivity contribution in [2.75, 3.05) is 0 Å². The highest BCUT2D eigenvalue weighted by Crippen LogP contribution is 2.36. The Morgan fingerprint density at radius 2 is 1.26 bits per heavy atom. The number of rotatable bonds is 4. The van der Waals surface area contributed by atoms with Crippen molar-refractivity contribution in [3.05, 3.63) is 70.3 Å². The molecule has 1 N–H and O–H groups in total. The Labute approximate surface area is 135 Å². The predicted molar refractivity (Wildman–Crippen MR) is 86.0 cm³/mol. The average molecular weight is 320 g/mol. The molecule has 0 aliphatic heterocycles. The van der Waals surface area contributed by atoms with Gasteiger partial charge in [0.15, 0.2) is 5.79 Å². The molecule has 2 nitrogen and oxygen atoms in total. The molecule has 0 amide bonds. The summed E-state index contributed by atoms with van der Waals surface area (Å²) in [5, 5.41) is 10.6. The lowest BCUT2D eigenvalue weighted by atomic mass is 9.95. The van der Waals surface area contributed by atoms with Gasteiger partial charge in [-0.3, -0.25) is 0 Å². The SMILES string of the molecule is Cc1ccc(C(C)(C)OC(C)(O)c2ccc(C)cc2F)c(F)c1. The Bertz CT molecular complexity index is 660. The van der Waals surface area contributed by atoms with Gasteiger partial charge in [0.25, 0.3) is 0 Å². The van der Waals surface area contributed by atoms with Gasteiger partial charge >= 0.3 is 0 Å². The second-order valence-corrected chi connectivity index (χ2v) is 6.56. The molecule has 0 fully saturated rings. The summed E-state index contributed by atoms with van der Waals surface area (Å²) in [5.41, 5.74) is 0.711. The number of hydrogen-bond acceptors (Lipinski definition) is 2. The van der Waals surface area contributed by atoms with Crippen molar-refractivity contribution >= 4 is 0 Å². The maximum atomic E-state index is 14.2. The minimum absolute atomic E-state index is 0.0173. The first-order valence-corrected chi connectivity index (χ1v) is 7.49. The van der Waals surface area contributed by atoms with E-state index in [9.17, 15) is 13.9 Å². The summed E-state index contributed by atoms with van der Waals surface area (Å²) >= 11 is 0. The third-order valence-corrected chi connectivity index (χ3v) is 3.85. The average Bonchev–Trinajstić information content (AvgIpc) is 2.35. The second kappa shape index (κ2) is 6.02.